The van der Waals surface area contributed by atoms with E-state index in [0.29, 0.717) is 12.3 Å². The molecule has 0 heterocycles. The van der Waals surface area contributed by atoms with Gasteiger partial charge in [0.05, 0.1) is 11.7 Å². The van der Waals surface area contributed by atoms with Crippen LogP contribution in [0, 0.1) is 5.92 Å². The molecule has 3 N–H and O–H groups in total. The van der Waals surface area contributed by atoms with E-state index in [0.717, 1.165) is 14.6 Å². The van der Waals surface area contributed by atoms with Crippen LogP contribution in [0.1, 0.15) is 20.3 Å². The lowest BCUT2D eigenvalue weighted by Crippen LogP contribution is -2.36. The summed E-state index contributed by atoms with van der Waals surface area (Å²) in [6.07, 6.45) is 0.675. The van der Waals surface area contributed by atoms with Gasteiger partial charge < -0.3 is 11.1 Å². The van der Waals surface area contributed by atoms with Gasteiger partial charge in [-0.25, -0.2) is 0 Å². The normalized spacial score (nSPS) is 12.6. The lowest BCUT2D eigenvalue weighted by molar-refractivity contribution is -0.117. The number of amides is 1. The molecule has 1 aromatic rings. The average Bonchev–Trinajstić information content (AvgIpc) is 2.22. The highest BCUT2D eigenvalue weighted by Crippen LogP contribution is 2.30. The molecule has 0 spiro atoms. The van der Waals surface area contributed by atoms with Gasteiger partial charge in [-0.1, -0.05) is 19.9 Å². The smallest absolute Gasteiger partial charge is 0.241 e. The summed E-state index contributed by atoms with van der Waals surface area (Å²) in [6.45, 7) is 4.09. The third-order valence-corrected chi connectivity index (χ3v) is 3.59. The highest BCUT2D eigenvalue weighted by atomic mass is 79.9. The van der Waals surface area contributed by atoms with E-state index in [4.69, 9.17) is 5.73 Å². The van der Waals surface area contributed by atoms with Crippen LogP contribution in [0.4, 0.5) is 5.69 Å². The molecule has 0 aliphatic heterocycles. The Morgan fingerprint density at radius 3 is 2.35 bits per heavy atom. The van der Waals surface area contributed by atoms with Crippen molar-refractivity contribution in [3.8, 4) is 0 Å². The predicted octanol–water partition coefficient (Wildman–Crippen LogP) is 3.52. The zero-order valence-corrected chi connectivity index (χ0v) is 13.0. The van der Waals surface area contributed by atoms with Crippen LogP contribution < -0.4 is 11.1 Å². The fourth-order valence-corrected chi connectivity index (χ4v) is 2.64. The molecule has 94 valence electrons. The molecule has 1 atom stereocenters. The van der Waals surface area contributed by atoms with E-state index in [1.165, 1.54) is 0 Å². The molecule has 0 aromatic heterocycles. The molecule has 5 heteroatoms. The molecule has 0 saturated carbocycles. The summed E-state index contributed by atoms with van der Waals surface area (Å²) in [7, 11) is 0. The van der Waals surface area contributed by atoms with Gasteiger partial charge in [0.2, 0.25) is 5.91 Å². The standard InChI is InChI=1S/C12H16Br2N2O/c1-7(2)6-10(15)12(17)16-11-8(13)4-3-5-9(11)14/h3-5,7,10H,6,15H2,1-2H3,(H,16,17). The molecule has 1 rings (SSSR count). The summed E-state index contributed by atoms with van der Waals surface area (Å²) in [4.78, 5) is 11.9. The quantitative estimate of drug-likeness (QED) is 0.859. The van der Waals surface area contributed by atoms with Gasteiger partial charge in [0, 0.05) is 8.95 Å². The Morgan fingerprint density at radius 2 is 1.88 bits per heavy atom. The van der Waals surface area contributed by atoms with Crippen LogP contribution in [0.5, 0.6) is 0 Å². The molecule has 1 aromatic carbocycles. The molecule has 0 aliphatic carbocycles. The summed E-state index contributed by atoms with van der Waals surface area (Å²) in [5.41, 5.74) is 6.54. The molecule has 17 heavy (non-hydrogen) atoms. The number of hydrogen-bond acceptors (Lipinski definition) is 2. The number of halogens is 2. The number of para-hydroxylation sites is 1. The Hall–Kier alpha value is -0.390. The first-order valence-corrected chi connectivity index (χ1v) is 7.01. The maximum absolute atomic E-state index is 11.9. The second-order valence-electron chi connectivity index (χ2n) is 4.32. The Balaban J connectivity index is 2.74. The summed E-state index contributed by atoms with van der Waals surface area (Å²) in [5, 5.41) is 2.83. The number of hydrogen-bond donors (Lipinski definition) is 2. The summed E-state index contributed by atoms with van der Waals surface area (Å²) < 4.78 is 1.66. The molecule has 0 aliphatic rings. The zero-order valence-electron chi connectivity index (χ0n) is 9.84. The van der Waals surface area contributed by atoms with Crippen molar-refractivity contribution < 1.29 is 4.79 Å². The molecule has 0 fully saturated rings. The first-order valence-electron chi connectivity index (χ1n) is 5.42. The van der Waals surface area contributed by atoms with Crippen LogP contribution in [0.15, 0.2) is 27.1 Å². The molecule has 0 radical (unpaired) electrons. The number of benzene rings is 1. The summed E-state index contributed by atoms with van der Waals surface area (Å²) >= 11 is 6.78. The van der Waals surface area contributed by atoms with E-state index in [2.05, 4.69) is 37.2 Å². The van der Waals surface area contributed by atoms with Crippen molar-refractivity contribution in [2.45, 2.75) is 26.3 Å². The monoisotopic (exact) mass is 362 g/mol. The lowest BCUT2D eigenvalue weighted by Gasteiger charge is -2.15. The average molecular weight is 364 g/mol. The lowest BCUT2D eigenvalue weighted by atomic mass is 10.0. The van der Waals surface area contributed by atoms with E-state index in [-0.39, 0.29) is 5.91 Å². The van der Waals surface area contributed by atoms with Gasteiger partial charge in [0.25, 0.3) is 0 Å². The van der Waals surface area contributed by atoms with Crippen molar-refractivity contribution in [1.82, 2.24) is 0 Å². The highest BCUT2D eigenvalue weighted by molar-refractivity contribution is 9.11. The first-order chi connectivity index (χ1) is 7.91. The van der Waals surface area contributed by atoms with Gasteiger partial charge in [-0.15, -0.1) is 0 Å². The third kappa shape index (κ3) is 4.41. The zero-order chi connectivity index (χ0) is 13.0. The molecule has 0 saturated heterocycles. The molecule has 1 unspecified atom stereocenters. The van der Waals surface area contributed by atoms with Gasteiger partial charge in [0.1, 0.15) is 0 Å². The van der Waals surface area contributed by atoms with E-state index in [1.54, 1.807) is 0 Å². The van der Waals surface area contributed by atoms with E-state index in [9.17, 15) is 4.79 Å². The summed E-state index contributed by atoms with van der Waals surface area (Å²) in [5.74, 6) is 0.240. The maximum atomic E-state index is 11.9. The van der Waals surface area contributed by atoms with Crippen LogP contribution in [-0.2, 0) is 4.79 Å². The van der Waals surface area contributed by atoms with Crippen LogP contribution in [0.2, 0.25) is 0 Å². The van der Waals surface area contributed by atoms with Crippen molar-refractivity contribution >= 4 is 43.5 Å². The van der Waals surface area contributed by atoms with Gasteiger partial charge >= 0.3 is 0 Å². The topological polar surface area (TPSA) is 55.1 Å². The molecular weight excluding hydrogens is 348 g/mol. The molecular formula is C12H16Br2N2O. The van der Waals surface area contributed by atoms with Crippen molar-refractivity contribution in [2.75, 3.05) is 5.32 Å². The maximum Gasteiger partial charge on any atom is 0.241 e. The predicted molar refractivity (Wildman–Crippen MR) is 77.9 cm³/mol. The van der Waals surface area contributed by atoms with Crippen LogP contribution in [-0.4, -0.2) is 11.9 Å². The minimum atomic E-state index is -0.478. The second-order valence-corrected chi connectivity index (χ2v) is 6.03. The van der Waals surface area contributed by atoms with Gasteiger partial charge in [-0.2, -0.15) is 0 Å². The van der Waals surface area contributed by atoms with Gasteiger partial charge in [-0.3, -0.25) is 4.79 Å². The van der Waals surface area contributed by atoms with Crippen molar-refractivity contribution in [3.63, 3.8) is 0 Å². The van der Waals surface area contributed by atoms with Gasteiger partial charge in [-0.05, 0) is 56.3 Å². The van der Waals surface area contributed by atoms with Crippen molar-refractivity contribution in [3.05, 3.63) is 27.1 Å². The number of nitrogens with two attached hydrogens (primary N) is 1. The van der Waals surface area contributed by atoms with Crippen molar-refractivity contribution in [1.29, 1.82) is 0 Å². The first kappa shape index (κ1) is 14.7. The van der Waals surface area contributed by atoms with Crippen LogP contribution in [0.3, 0.4) is 0 Å². The molecule has 1 amide bonds. The van der Waals surface area contributed by atoms with E-state index >= 15 is 0 Å². The summed E-state index contributed by atoms with van der Waals surface area (Å²) in [6, 6.07) is 5.15. The molecule has 0 bridgehead atoms. The Labute approximate surface area is 118 Å². The number of nitrogens with one attached hydrogen (secondary N) is 1. The fourth-order valence-electron chi connectivity index (χ4n) is 1.45. The largest absolute Gasteiger partial charge is 0.323 e. The SMILES string of the molecule is CC(C)CC(N)C(=O)Nc1c(Br)cccc1Br. The Morgan fingerprint density at radius 1 is 1.35 bits per heavy atom. The minimum Gasteiger partial charge on any atom is -0.323 e. The fraction of sp³-hybridized carbons (Fsp3) is 0.417. The Bertz CT molecular complexity index is 387. The number of rotatable bonds is 4. The number of carbonyl (C=O) groups is 1. The number of carbonyl (C=O) groups excluding carboxylic acids is 1. The van der Waals surface area contributed by atoms with E-state index in [1.807, 2.05) is 32.0 Å². The highest BCUT2D eigenvalue weighted by Gasteiger charge is 2.17. The van der Waals surface area contributed by atoms with Gasteiger partial charge in [0.15, 0.2) is 0 Å². The van der Waals surface area contributed by atoms with Crippen LogP contribution >= 0.6 is 31.9 Å². The number of anilines is 1. The van der Waals surface area contributed by atoms with Crippen LogP contribution in [0.25, 0.3) is 0 Å². The van der Waals surface area contributed by atoms with E-state index < -0.39 is 6.04 Å². The van der Waals surface area contributed by atoms with Crippen molar-refractivity contribution in [2.24, 2.45) is 11.7 Å². The Kier molecular flexibility index (Phi) is 5.62. The third-order valence-electron chi connectivity index (χ3n) is 2.27. The minimum absolute atomic E-state index is 0.161. The molecule has 3 nitrogen and oxygen atoms in total. The second kappa shape index (κ2) is 6.52.